The van der Waals surface area contributed by atoms with Crippen LogP contribution < -0.4 is 5.32 Å². The summed E-state index contributed by atoms with van der Waals surface area (Å²) in [7, 11) is 0. The molecule has 0 aliphatic rings. The molecule has 1 unspecified atom stereocenters. The van der Waals surface area contributed by atoms with Gasteiger partial charge in [-0.15, -0.1) is 0 Å². The van der Waals surface area contributed by atoms with Gasteiger partial charge in [0.15, 0.2) is 0 Å². The Hall–Kier alpha value is -0.370. The summed E-state index contributed by atoms with van der Waals surface area (Å²) in [4.78, 5) is 11.5. The van der Waals surface area contributed by atoms with Gasteiger partial charge in [0.2, 0.25) is 0 Å². The first-order chi connectivity index (χ1) is 6.35. The van der Waals surface area contributed by atoms with Crippen molar-refractivity contribution in [3.8, 4) is 0 Å². The molecule has 0 fully saturated rings. The normalized spacial score (nSPS) is 14.1. The molecule has 0 aliphatic carbocycles. The number of hydrogen-bond acceptors (Lipinski definition) is 2. The van der Waals surface area contributed by atoms with Crippen molar-refractivity contribution in [1.82, 2.24) is 5.32 Å². The highest BCUT2D eigenvalue weighted by Gasteiger charge is 2.14. The fourth-order valence-electron chi connectivity index (χ4n) is 1.38. The second-order valence-electron chi connectivity index (χ2n) is 5.26. The molecule has 0 aromatic carbocycles. The standard InChI is InChI=1S/C12H25NO/c1-6-13-10(2)9-11(14)7-8-12(3,4)5/h10,13H,6-9H2,1-5H3. The molecule has 2 heteroatoms. The zero-order chi connectivity index (χ0) is 11.2. The van der Waals surface area contributed by atoms with Gasteiger partial charge in [0.1, 0.15) is 5.78 Å². The third-order valence-electron chi connectivity index (χ3n) is 2.24. The van der Waals surface area contributed by atoms with Crippen molar-refractivity contribution >= 4 is 5.78 Å². The van der Waals surface area contributed by atoms with Gasteiger partial charge in [0.05, 0.1) is 0 Å². The average Bonchev–Trinajstić information content (AvgIpc) is 2.00. The summed E-state index contributed by atoms with van der Waals surface area (Å²) in [6.07, 6.45) is 2.38. The molecule has 0 spiro atoms. The van der Waals surface area contributed by atoms with Crippen LogP contribution in [-0.2, 0) is 4.79 Å². The van der Waals surface area contributed by atoms with E-state index in [9.17, 15) is 4.79 Å². The lowest BCUT2D eigenvalue weighted by atomic mass is 9.89. The predicted octanol–water partition coefficient (Wildman–Crippen LogP) is 2.77. The van der Waals surface area contributed by atoms with Crippen LogP contribution in [0.4, 0.5) is 0 Å². The average molecular weight is 199 g/mol. The molecule has 0 saturated heterocycles. The van der Waals surface area contributed by atoms with Gasteiger partial charge in [-0.2, -0.15) is 0 Å². The van der Waals surface area contributed by atoms with Gasteiger partial charge in [-0.3, -0.25) is 4.79 Å². The van der Waals surface area contributed by atoms with Gasteiger partial charge in [0.25, 0.3) is 0 Å². The van der Waals surface area contributed by atoms with Crippen LogP contribution in [0.1, 0.15) is 53.9 Å². The number of ketones is 1. The number of nitrogens with one attached hydrogen (secondary N) is 1. The molecule has 0 saturated carbocycles. The second-order valence-corrected chi connectivity index (χ2v) is 5.26. The van der Waals surface area contributed by atoms with Gasteiger partial charge in [-0.25, -0.2) is 0 Å². The van der Waals surface area contributed by atoms with Gasteiger partial charge in [-0.05, 0) is 25.3 Å². The van der Waals surface area contributed by atoms with E-state index in [2.05, 4.69) is 39.9 Å². The quantitative estimate of drug-likeness (QED) is 0.712. The molecule has 1 N–H and O–H groups in total. The molecule has 0 radical (unpaired) electrons. The number of carbonyl (C=O) groups excluding carboxylic acids is 1. The fourth-order valence-corrected chi connectivity index (χ4v) is 1.38. The van der Waals surface area contributed by atoms with Gasteiger partial charge >= 0.3 is 0 Å². The summed E-state index contributed by atoms with van der Waals surface area (Å²) in [5.41, 5.74) is 0.275. The molecule has 0 aromatic rings. The maximum absolute atomic E-state index is 11.5. The molecule has 0 bridgehead atoms. The van der Waals surface area contributed by atoms with Crippen LogP contribution in [0.15, 0.2) is 0 Å². The minimum absolute atomic E-state index is 0.275. The molecule has 1 atom stereocenters. The van der Waals surface area contributed by atoms with Crippen molar-refractivity contribution in [2.45, 2.75) is 59.9 Å². The first-order valence-electron chi connectivity index (χ1n) is 5.60. The van der Waals surface area contributed by atoms with E-state index in [1.165, 1.54) is 0 Å². The summed E-state index contributed by atoms with van der Waals surface area (Å²) in [6.45, 7) is 11.6. The van der Waals surface area contributed by atoms with E-state index in [1.54, 1.807) is 0 Å². The molecule has 84 valence electrons. The lowest BCUT2D eigenvalue weighted by Gasteiger charge is -2.18. The molecule has 0 aromatic heterocycles. The van der Waals surface area contributed by atoms with E-state index < -0.39 is 0 Å². The fraction of sp³-hybridized carbons (Fsp3) is 0.917. The first kappa shape index (κ1) is 13.6. The lowest BCUT2D eigenvalue weighted by molar-refractivity contribution is -0.120. The zero-order valence-corrected chi connectivity index (χ0v) is 10.3. The largest absolute Gasteiger partial charge is 0.314 e. The number of carbonyl (C=O) groups is 1. The Morgan fingerprint density at radius 2 is 1.93 bits per heavy atom. The summed E-state index contributed by atoms with van der Waals surface area (Å²) in [5.74, 6) is 0.383. The van der Waals surface area contributed by atoms with Crippen molar-refractivity contribution in [1.29, 1.82) is 0 Å². The summed E-state index contributed by atoms with van der Waals surface area (Å²) in [5, 5.41) is 3.25. The molecule has 0 heterocycles. The summed E-state index contributed by atoms with van der Waals surface area (Å²) in [6, 6.07) is 0.326. The Morgan fingerprint density at radius 3 is 2.36 bits per heavy atom. The van der Waals surface area contributed by atoms with Crippen molar-refractivity contribution in [2.75, 3.05) is 6.54 Å². The summed E-state index contributed by atoms with van der Waals surface area (Å²) < 4.78 is 0. The Labute approximate surface area is 88.5 Å². The van der Waals surface area contributed by atoms with Crippen LogP contribution in [0.3, 0.4) is 0 Å². The highest BCUT2D eigenvalue weighted by atomic mass is 16.1. The number of hydrogen-bond donors (Lipinski definition) is 1. The van der Waals surface area contributed by atoms with Crippen molar-refractivity contribution in [2.24, 2.45) is 5.41 Å². The maximum atomic E-state index is 11.5. The van der Waals surface area contributed by atoms with Gasteiger partial charge in [0, 0.05) is 18.9 Å². The van der Waals surface area contributed by atoms with E-state index >= 15 is 0 Å². The SMILES string of the molecule is CCNC(C)CC(=O)CCC(C)(C)C. The van der Waals surface area contributed by atoms with Crippen molar-refractivity contribution in [3.63, 3.8) is 0 Å². The maximum Gasteiger partial charge on any atom is 0.134 e. The van der Waals surface area contributed by atoms with Crippen molar-refractivity contribution in [3.05, 3.63) is 0 Å². The van der Waals surface area contributed by atoms with Crippen molar-refractivity contribution < 1.29 is 4.79 Å². The third-order valence-corrected chi connectivity index (χ3v) is 2.24. The highest BCUT2D eigenvalue weighted by molar-refractivity contribution is 5.78. The minimum Gasteiger partial charge on any atom is -0.314 e. The van der Waals surface area contributed by atoms with Crippen LogP contribution >= 0.6 is 0 Å². The smallest absolute Gasteiger partial charge is 0.134 e. The molecule has 14 heavy (non-hydrogen) atoms. The Bertz CT molecular complexity index is 170. The summed E-state index contributed by atoms with van der Waals surface area (Å²) >= 11 is 0. The van der Waals surface area contributed by atoms with Crippen LogP contribution in [0.25, 0.3) is 0 Å². The molecule has 2 nitrogen and oxygen atoms in total. The second kappa shape index (κ2) is 6.18. The topological polar surface area (TPSA) is 29.1 Å². The van der Waals surface area contributed by atoms with Crippen LogP contribution in [0.5, 0.6) is 0 Å². The Balaban J connectivity index is 3.65. The molecular weight excluding hydrogens is 174 g/mol. The highest BCUT2D eigenvalue weighted by Crippen LogP contribution is 2.21. The monoisotopic (exact) mass is 199 g/mol. The van der Waals surface area contributed by atoms with Crippen LogP contribution in [-0.4, -0.2) is 18.4 Å². The van der Waals surface area contributed by atoms with Crippen LogP contribution in [0, 0.1) is 5.41 Å². The van der Waals surface area contributed by atoms with E-state index in [0.29, 0.717) is 18.2 Å². The minimum atomic E-state index is 0.275. The number of Topliss-reactive ketones (excluding diaryl/α,β-unsaturated/α-hetero) is 1. The Kier molecular flexibility index (Phi) is 6.01. The van der Waals surface area contributed by atoms with E-state index in [4.69, 9.17) is 0 Å². The lowest BCUT2D eigenvalue weighted by Crippen LogP contribution is -2.28. The number of rotatable bonds is 6. The first-order valence-corrected chi connectivity index (χ1v) is 5.60. The van der Waals surface area contributed by atoms with E-state index in [-0.39, 0.29) is 5.41 Å². The molecule has 0 rings (SSSR count). The van der Waals surface area contributed by atoms with E-state index in [1.807, 2.05) is 0 Å². The molecule has 0 amide bonds. The predicted molar refractivity (Wildman–Crippen MR) is 61.5 cm³/mol. The Morgan fingerprint density at radius 1 is 1.36 bits per heavy atom. The zero-order valence-electron chi connectivity index (χ0n) is 10.3. The van der Waals surface area contributed by atoms with Gasteiger partial charge < -0.3 is 5.32 Å². The van der Waals surface area contributed by atoms with E-state index in [0.717, 1.165) is 19.4 Å². The molecule has 0 aliphatic heterocycles. The third kappa shape index (κ3) is 8.24. The van der Waals surface area contributed by atoms with Gasteiger partial charge in [-0.1, -0.05) is 27.7 Å². The van der Waals surface area contributed by atoms with Crippen LogP contribution in [0.2, 0.25) is 0 Å². The molecular formula is C12H25NO.